The number of hydrogen-bond donors (Lipinski definition) is 1. The number of H-pyrrole nitrogens is 1. The minimum Gasteiger partial charge on any atom is -0.338 e. The Morgan fingerprint density at radius 2 is 2.05 bits per heavy atom. The third kappa shape index (κ3) is 1.86. The summed E-state index contributed by atoms with van der Waals surface area (Å²) in [6.07, 6.45) is 3.25. The number of pyridine rings is 2. The first kappa shape index (κ1) is 13.4. The minimum atomic E-state index is -0.241. The number of imidazole rings is 1. The zero-order valence-corrected chi connectivity index (χ0v) is 13.2. The average molecular weight is 329 g/mol. The van der Waals surface area contributed by atoms with Crippen molar-refractivity contribution in [2.24, 2.45) is 0 Å². The van der Waals surface area contributed by atoms with Crippen LogP contribution in [0.2, 0.25) is 5.02 Å². The molecule has 5 nitrogen and oxygen atoms in total. The second kappa shape index (κ2) is 4.90. The van der Waals surface area contributed by atoms with Crippen LogP contribution in [0.4, 0.5) is 0 Å². The van der Waals surface area contributed by atoms with E-state index < -0.39 is 0 Å². The molecule has 0 saturated carbocycles. The van der Waals surface area contributed by atoms with E-state index in [9.17, 15) is 4.79 Å². The van der Waals surface area contributed by atoms with Gasteiger partial charge in [-0.05, 0) is 27.6 Å². The molecule has 0 radical (unpaired) electrons. The molecule has 0 aliphatic rings. The molecule has 1 unspecified atom stereocenters. The molecule has 0 aliphatic carbocycles. The van der Waals surface area contributed by atoms with Gasteiger partial charge in [0.25, 0.3) is 5.56 Å². The van der Waals surface area contributed by atoms with E-state index in [1.165, 1.54) is 4.34 Å². The molecule has 1 N–H and O–H groups in total. The van der Waals surface area contributed by atoms with Crippen LogP contribution < -0.4 is 5.56 Å². The van der Waals surface area contributed by atoms with Crippen LogP contribution >= 0.6 is 21.0 Å². The van der Waals surface area contributed by atoms with E-state index in [1.807, 2.05) is 24.3 Å². The molecule has 0 amide bonds. The van der Waals surface area contributed by atoms with Gasteiger partial charge >= 0.3 is 0 Å². The largest absolute Gasteiger partial charge is 0.338 e. The minimum absolute atomic E-state index is 0.241. The lowest BCUT2D eigenvalue weighted by Gasteiger charge is -2.09. The first-order valence-corrected chi connectivity index (χ1v) is 7.44. The summed E-state index contributed by atoms with van der Waals surface area (Å²) in [4.78, 5) is 24.3. The lowest BCUT2D eigenvalue weighted by atomic mass is 10.2. The van der Waals surface area contributed by atoms with Gasteiger partial charge in [0.15, 0.2) is 0 Å². The average Bonchev–Trinajstić information content (AvgIpc) is 2.96. The fraction of sp³-hybridized carbons (Fsp3) is 0. The summed E-state index contributed by atoms with van der Waals surface area (Å²) in [5, 5.41) is 1.13. The second-order valence-electron chi connectivity index (χ2n) is 4.86. The van der Waals surface area contributed by atoms with Crippen molar-refractivity contribution in [3.05, 3.63) is 58.1 Å². The first-order chi connectivity index (χ1) is 10.7. The highest BCUT2D eigenvalue weighted by molar-refractivity contribution is 7.14. The van der Waals surface area contributed by atoms with Gasteiger partial charge in [-0.25, -0.2) is 4.98 Å². The second-order valence-corrected chi connectivity index (χ2v) is 5.75. The number of rotatable bonds is 1. The molecule has 108 valence electrons. The van der Waals surface area contributed by atoms with Crippen LogP contribution in [0.1, 0.15) is 0 Å². The maximum absolute atomic E-state index is 12.7. The summed E-state index contributed by atoms with van der Waals surface area (Å²) in [5.74, 6) is 0.464. The monoisotopic (exact) mass is 328 g/mol. The number of halogens is 1. The highest BCUT2D eigenvalue weighted by atomic mass is 35.5. The third-order valence-electron chi connectivity index (χ3n) is 3.57. The van der Waals surface area contributed by atoms with Crippen molar-refractivity contribution in [3.63, 3.8) is 0 Å². The van der Waals surface area contributed by atoms with Crippen molar-refractivity contribution in [3.8, 4) is 11.4 Å². The number of nitrogens with one attached hydrogen (secondary N) is 1. The Labute approximate surface area is 132 Å². The summed E-state index contributed by atoms with van der Waals surface area (Å²) in [7, 11) is 2.40. The summed E-state index contributed by atoms with van der Waals surface area (Å²) in [6, 6.07) is 9.38. The molecule has 0 fully saturated rings. The molecule has 0 saturated heterocycles. The standard InChI is InChI=1S/C15H10ClN4OP/c16-13-8-5-6-17-7-11(8)20(22)15(21)12(13)14-18-9-3-1-2-4-10(9)19-14/h1-7H,22H2,(H,18,19). The Kier molecular flexibility index (Phi) is 2.99. The Morgan fingerprint density at radius 3 is 2.86 bits per heavy atom. The Bertz CT molecular complexity index is 1050. The normalized spacial score (nSPS) is 11.4. The van der Waals surface area contributed by atoms with Gasteiger partial charge in [0.05, 0.1) is 27.8 Å². The Morgan fingerprint density at radius 1 is 1.23 bits per heavy atom. The number of aromatic nitrogens is 4. The van der Waals surface area contributed by atoms with Gasteiger partial charge in [-0.3, -0.25) is 14.1 Å². The molecular weight excluding hydrogens is 319 g/mol. The number of para-hydroxylation sites is 2. The SMILES string of the molecule is O=c1c(-c2nc3ccccc3[nH]2)c(Cl)c2ccncc2n1P. The molecule has 4 aromatic rings. The van der Waals surface area contributed by atoms with Gasteiger partial charge in [0, 0.05) is 11.6 Å². The van der Waals surface area contributed by atoms with Crippen molar-refractivity contribution >= 4 is 42.9 Å². The maximum atomic E-state index is 12.7. The molecule has 4 rings (SSSR count). The van der Waals surface area contributed by atoms with Crippen LogP contribution in [0.3, 0.4) is 0 Å². The lowest BCUT2D eigenvalue weighted by molar-refractivity contribution is 1.18. The quantitative estimate of drug-likeness (QED) is 0.546. The summed E-state index contributed by atoms with van der Waals surface area (Å²) >= 11 is 6.47. The van der Waals surface area contributed by atoms with E-state index in [4.69, 9.17) is 11.6 Å². The van der Waals surface area contributed by atoms with Gasteiger partial charge in [-0.1, -0.05) is 23.7 Å². The van der Waals surface area contributed by atoms with Crippen molar-refractivity contribution in [2.45, 2.75) is 0 Å². The molecule has 3 heterocycles. The highest BCUT2D eigenvalue weighted by Crippen LogP contribution is 2.31. The predicted octanol–water partition coefficient (Wildman–Crippen LogP) is 3.23. The molecule has 0 aliphatic heterocycles. The lowest BCUT2D eigenvalue weighted by Crippen LogP contribution is -2.16. The Balaban J connectivity index is 2.12. The van der Waals surface area contributed by atoms with E-state index in [0.29, 0.717) is 21.9 Å². The molecule has 1 aromatic carbocycles. The topological polar surface area (TPSA) is 63.6 Å². The van der Waals surface area contributed by atoms with Gasteiger partial charge in [-0.15, -0.1) is 0 Å². The smallest absolute Gasteiger partial charge is 0.266 e. The summed E-state index contributed by atoms with van der Waals surface area (Å²) < 4.78 is 1.46. The fourth-order valence-corrected chi connectivity index (χ4v) is 3.16. The summed E-state index contributed by atoms with van der Waals surface area (Å²) in [6.45, 7) is 0. The zero-order valence-electron chi connectivity index (χ0n) is 11.2. The van der Waals surface area contributed by atoms with Crippen LogP contribution in [-0.4, -0.2) is 19.3 Å². The first-order valence-electron chi connectivity index (χ1n) is 6.55. The van der Waals surface area contributed by atoms with Crippen LogP contribution in [0.25, 0.3) is 33.3 Å². The van der Waals surface area contributed by atoms with Crippen LogP contribution in [0, 0.1) is 0 Å². The summed E-state index contributed by atoms with van der Waals surface area (Å²) in [5.41, 5.74) is 2.42. The van der Waals surface area contributed by atoms with E-state index in [0.717, 1.165) is 16.4 Å². The number of aromatic amines is 1. The van der Waals surface area contributed by atoms with Crippen LogP contribution in [0.15, 0.2) is 47.5 Å². The molecule has 0 bridgehead atoms. The maximum Gasteiger partial charge on any atom is 0.266 e. The van der Waals surface area contributed by atoms with E-state index in [1.54, 1.807) is 18.5 Å². The fourth-order valence-electron chi connectivity index (χ4n) is 2.50. The molecular formula is C15H10ClN4OP. The predicted molar refractivity (Wildman–Crippen MR) is 91.2 cm³/mol. The molecule has 22 heavy (non-hydrogen) atoms. The highest BCUT2D eigenvalue weighted by Gasteiger charge is 2.18. The number of fused-ring (bicyclic) bond motifs is 2. The molecule has 7 heteroatoms. The van der Waals surface area contributed by atoms with Gasteiger partial charge in [-0.2, -0.15) is 0 Å². The number of nitrogens with zero attached hydrogens (tertiary/aromatic N) is 3. The van der Waals surface area contributed by atoms with Crippen molar-refractivity contribution < 1.29 is 0 Å². The van der Waals surface area contributed by atoms with Crippen molar-refractivity contribution in [1.82, 2.24) is 19.3 Å². The third-order valence-corrected chi connectivity index (χ3v) is 4.48. The molecule has 1 atom stereocenters. The van der Waals surface area contributed by atoms with Crippen LogP contribution in [0.5, 0.6) is 0 Å². The van der Waals surface area contributed by atoms with Crippen LogP contribution in [-0.2, 0) is 0 Å². The number of benzene rings is 1. The zero-order chi connectivity index (χ0) is 15.3. The van der Waals surface area contributed by atoms with E-state index >= 15 is 0 Å². The van der Waals surface area contributed by atoms with Crippen molar-refractivity contribution in [1.29, 1.82) is 0 Å². The van der Waals surface area contributed by atoms with Crippen molar-refractivity contribution in [2.75, 3.05) is 0 Å². The number of hydrogen-bond acceptors (Lipinski definition) is 3. The van der Waals surface area contributed by atoms with E-state index in [2.05, 4.69) is 24.3 Å². The van der Waals surface area contributed by atoms with Gasteiger partial charge in [0.2, 0.25) is 0 Å². The van der Waals surface area contributed by atoms with Gasteiger partial charge in [0.1, 0.15) is 11.4 Å². The molecule has 3 aromatic heterocycles. The van der Waals surface area contributed by atoms with Gasteiger partial charge < -0.3 is 4.98 Å². The molecule has 0 spiro atoms. The van der Waals surface area contributed by atoms with E-state index in [-0.39, 0.29) is 5.56 Å². The Hall–Kier alpha value is -2.23.